The second-order valence-electron chi connectivity index (χ2n) is 7.03. The second-order valence-corrected chi connectivity index (χ2v) is 7.03. The number of ether oxygens (including phenoxy) is 2. The van der Waals surface area contributed by atoms with Crippen molar-refractivity contribution in [2.75, 3.05) is 34.0 Å². The third-order valence-corrected chi connectivity index (χ3v) is 4.69. The first-order chi connectivity index (χ1) is 17.6. The fourth-order valence-corrected chi connectivity index (χ4v) is 2.91. The van der Waals surface area contributed by atoms with Crippen LogP contribution in [0.2, 0.25) is 0 Å². The number of aldehydes is 1. The first-order valence-corrected chi connectivity index (χ1v) is 12.2. The van der Waals surface area contributed by atoms with E-state index in [0.29, 0.717) is 50.4 Å². The molecule has 0 aromatic carbocycles. The van der Waals surface area contributed by atoms with Gasteiger partial charge in [0.1, 0.15) is 12.1 Å². The predicted molar refractivity (Wildman–Crippen MR) is 149 cm³/mol. The van der Waals surface area contributed by atoms with Gasteiger partial charge in [0.25, 0.3) is 0 Å². The SMILES string of the molecule is C=C/C(CC)=C(F)\C=C\N(/C=C\C=O)/N=C/CC1=CC(C(N=CCOCCOC)=NC)=CCC1.CC. The highest BCUT2D eigenvalue weighted by Crippen LogP contribution is 2.21. The van der Waals surface area contributed by atoms with Crippen molar-refractivity contribution in [2.45, 2.75) is 46.5 Å². The largest absolute Gasteiger partial charge is 0.382 e. The molecule has 0 bridgehead atoms. The van der Waals surface area contributed by atoms with Gasteiger partial charge in [-0.1, -0.05) is 51.2 Å². The lowest BCUT2D eigenvalue weighted by Crippen LogP contribution is -2.07. The van der Waals surface area contributed by atoms with Crippen LogP contribution in [0.15, 0.2) is 87.0 Å². The quantitative estimate of drug-likeness (QED) is 0.0514. The van der Waals surface area contributed by atoms with Crippen LogP contribution in [0.4, 0.5) is 4.39 Å². The Morgan fingerprint density at radius 1 is 1.25 bits per heavy atom. The number of amidine groups is 1. The van der Waals surface area contributed by atoms with E-state index in [1.165, 1.54) is 41.2 Å². The van der Waals surface area contributed by atoms with E-state index in [1.54, 1.807) is 26.6 Å². The van der Waals surface area contributed by atoms with Gasteiger partial charge in [-0.15, -0.1) is 0 Å². The van der Waals surface area contributed by atoms with E-state index >= 15 is 0 Å². The fraction of sp³-hybridized carbons (Fsp3) is 0.429. The summed E-state index contributed by atoms with van der Waals surface area (Å²) in [5, 5.41) is 5.71. The minimum atomic E-state index is -0.391. The molecule has 198 valence electrons. The maximum absolute atomic E-state index is 14.2. The van der Waals surface area contributed by atoms with Gasteiger partial charge in [-0.25, -0.2) is 14.4 Å². The van der Waals surface area contributed by atoms with Crippen LogP contribution in [0.3, 0.4) is 0 Å². The van der Waals surface area contributed by atoms with E-state index in [-0.39, 0.29) is 0 Å². The minimum absolute atomic E-state index is 0.388. The summed E-state index contributed by atoms with van der Waals surface area (Å²) in [4.78, 5) is 19.4. The van der Waals surface area contributed by atoms with Crippen molar-refractivity contribution in [1.29, 1.82) is 0 Å². The van der Waals surface area contributed by atoms with Crippen molar-refractivity contribution in [3.63, 3.8) is 0 Å². The van der Waals surface area contributed by atoms with Crippen molar-refractivity contribution in [1.82, 2.24) is 5.01 Å². The molecule has 0 atom stereocenters. The first-order valence-electron chi connectivity index (χ1n) is 12.2. The number of hydrogen-bond donors (Lipinski definition) is 0. The lowest BCUT2D eigenvalue weighted by Gasteiger charge is -2.13. The lowest BCUT2D eigenvalue weighted by molar-refractivity contribution is -0.104. The predicted octanol–water partition coefficient (Wildman–Crippen LogP) is 6.15. The topological polar surface area (TPSA) is 75.9 Å². The molecule has 0 spiro atoms. The monoisotopic (exact) mass is 500 g/mol. The van der Waals surface area contributed by atoms with Gasteiger partial charge in [0.2, 0.25) is 0 Å². The van der Waals surface area contributed by atoms with Crippen molar-refractivity contribution in [3.05, 3.63) is 71.9 Å². The Balaban J connectivity index is 0.00000596. The van der Waals surface area contributed by atoms with E-state index in [9.17, 15) is 9.18 Å². The zero-order valence-electron chi connectivity index (χ0n) is 22.3. The third-order valence-electron chi connectivity index (χ3n) is 4.69. The van der Waals surface area contributed by atoms with E-state index < -0.39 is 5.83 Å². The molecule has 0 heterocycles. The molecule has 0 N–H and O–H groups in total. The van der Waals surface area contributed by atoms with Crippen molar-refractivity contribution in [3.8, 4) is 0 Å². The Labute approximate surface area is 215 Å². The lowest BCUT2D eigenvalue weighted by atomic mass is 9.97. The summed E-state index contributed by atoms with van der Waals surface area (Å²) in [6, 6.07) is 0. The molecule has 1 aliphatic rings. The Hall–Kier alpha value is -3.23. The van der Waals surface area contributed by atoms with Crippen LogP contribution in [-0.2, 0) is 14.3 Å². The number of carbonyl (C=O) groups excluding carboxylic acids is 1. The summed E-state index contributed by atoms with van der Waals surface area (Å²) in [6.45, 7) is 10.9. The highest BCUT2D eigenvalue weighted by molar-refractivity contribution is 6.05. The number of nitrogens with zero attached hydrogens (tertiary/aromatic N) is 4. The van der Waals surface area contributed by atoms with Crippen LogP contribution in [0.25, 0.3) is 0 Å². The molecule has 0 radical (unpaired) electrons. The fourth-order valence-electron chi connectivity index (χ4n) is 2.91. The average Bonchev–Trinajstić information content (AvgIpc) is 2.91. The van der Waals surface area contributed by atoms with Gasteiger partial charge in [-0.05, 0) is 37.0 Å². The van der Waals surface area contributed by atoms with Crippen LogP contribution in [-0.4, -0.2) is 63.5 Å². The summed E-state index contributed by atoms with van der Waals surface area (Å²) >= 11 is 0. The third kappa shape index (κ3) is 14.2. The molecule has 0 unspecified atom stereocenters. The van der Waals surface area contributed by atoms with Crippen molar-refractivity contribution >= 4 is 24.6 Å². The first kappa shape index (κ1) is 32.8. The van der Waals surface area contributed by atoms with E-state index in [1.807, 2.05) is 20.8 Å². The van der Waals surface area contributed by atoms with Crippen LogP contribution >= 0.6 is 0 Å². The van der Waals surface area contributed by atoms with Gasteiger partial charge in [-0.2, -0.15) is 5.10 Å². The molecule has 1 rings (SSSR count). The van der Waals surface area contributed by atoms with Crippen LogP contribution in [0.5, 0.6) is 0 Å². The minimum Gasteiger partial charge on any atom is -0.382 e. The Bertz CT molecular complexity index is 896. The Morgan fingerprint density at radius 3 is 2.67 bits per heavy atom. The highest BCUT2D eigenvalue weighted by Gasteiger charge is 2.09. The number of hydrazone groups is 1. The van der Waals surface area contributed by atoms with E-state index in [0.717, 1.165) is 18.4 Å². The smallest absolute Gasteiger partial charge is 0.153 e. The van der Waals surface area contributed by atoms with Gasteiger partial charge in [0.05, 0.1) is 19.8 Å². The Kier molecular flexibility index (Phi) is 20.3. The summed E-state index contributed by atoms with van der Waals surface area (Å²) in [5.41, 5.74) is 2.62. The van der Waals surface area contributed by atoms with Gasteiger partial charge >= 0.3 is 0 Å². The van der Waals surface area contributed by atoms with Gasteiger partial charge in [0.15, 0.2) is 5.84 Å². The molecule has 7 nitrogen and oxygen atoms in total. The molecule has 0 saturated heterocycles. The van der Waals surface area contributed by atoms with Crippen molar-refractivity contribution in [2.24, 2.45) is 15.1 Å². The maximum Gasteiger partial charge on any atom is 0.153 e. The molecule has 1 aliphatic carbocycles. The number of aliphatic imine (C=N–C) groups is 2. The maximum atomic E-state index is 14.2. The zero-order chi connectivity index (χ0) is 27.0. The highest BCUT2D eigenvalue weighted by atomic mass is 19.1. The van der Waals surface area contributed by atoms with E-state index in [4.69, 9.17) is 9.47 Å². The van der Waals surface area contributed by atoms with Gasteiger partial charge in [0, 0.05) is 51.0 Å². The summed E-state index contributed by atoms with van der Waals surface area (Å²) < 4.78 is 24.5. The molecule has 0 fully saturated rings. The second kappa shape index (κ2) is 22.2. The summed E-state index contributed by atoms with van der Waals surface area (Å²) in [6.07, 6.45) is 18.1. The molecular weight excluding hydrogens is 459 g/mol. The van der Waals surface area contributed by atoms with E-state index in [2.05, 4.69) is 33.8 Å². The van der Waals surface area contributed by atoms with Crippen LogP contribution in [0, 0.1) is 0 Å². The average molecular weight is 501 g/mol. The van der Waals surface area contributed by atoms with Gasteiger partial charge < -0.3 is 9.47 Å². The van der Waals surface area contributed by atoms with Crippen LogP contribution in [0.1, 0.15) is 46.5 Å². The standard InChI is InChI=1S/C26H35FN4O3.C2H6/c1-5-23(6-2)25(27)12-16-31(15-8-17-32)30-13-11-22-9-7-10-24(21-22)26(28-3)29-14-18-34-20-19-33-4;1-2/h5,8,10,12-17,21H,1,6-7,9,11,18-20H2,2-4H3;1-2H3/b15-8-,16-12+,25-23-,28-26?,29-14?,30-13+;. The number of hydrogen-bond acceptors (Lipinski definition) is 6. The number of methoxy groups -OCH3 is 1. The number of carbonyl (C=O) groups is 1. The van der Waals surface area contributed by atoms with Crippen LogP contribution < -0.4 is 0 Å². The number of allylic oxidation sites excluding steroid dienone is 7. The zero-order valence-corrected chi connectivity index (χ0v) is 22.3. The molecule has 36 heavy (non-hydrogen) atoms. The summed E-state index contributed by atoms with van der Waals surface area (Å²) in [7, 11) is 3.33. The summed E-state index contributed by atoms with van der Waals surface area (Å²) in [5.74, 6) is 0.247. The molecule has 0 aliphatic heterocycles. The van der Waals surface area contributed by atoms with Gasteiger partial charge in [-0.3, -0.25) is 9.79 Å². The number of halogens is 1. The molecule has 0 aromatic rings. The molecule has 8 heteroatoms. The number of rotatable bonds is 15. The molecule has 0 aromatic heterocycles. The molecular formula is C28H41FN4O3. The normalized spacial score (nSPS) is 15.1. The van der Waals surface area contributed by atoms with Crippen molar-refractivity contribution < 1.29 is 18.7 Å². The molecule has 0 amide bonds. The molecule has 0 saturated carbocycles. The Morgan fingerprint density at radius 2 is 2.03 bits per heavy atom.